The minimum atomic E-state index is 1.12. The molecule has 0 fully saturated rings. The van der Waals surface area contributed by atoms with Gasteiger partial charge >= 0.3 is 0 Å². The number of anilines is 3. The van der Waals surface area contributed by atoms with E-state index in [1.165, 1.54) is 74.7 Å². The van der Waals surface area contributed by atoms with Crippen LogP contribution in [0.2, 0.25) is 0 Å². The summed E-state index contributed by atoms with van der Waals surface area (Å²) in [7, 11) is 0. The summed E-state index contributed by atoms with van der Waals surface area (Å²) in [6.45, 7) is 0. The first-order valence-electron chi connectivity index (χ1n) is 17.1. The van der Waals surface area contributed by atoms with Gasteiger partial charge in [-0.15, -0.1) is 11.3 Å². The van der Waals surface area contributed by atoms with Gasteiger partial charge in [0.05, 0.1) is 0 Å². The highest BCUT2D eigenvalue weighted by Gasteiger charge is 2.16. The van der Waals surface area contributed by atoms with E-state index in [-0.39, 0.29) is 0 Å². The number of rotatable bonds is 5. The van der Waals surface area contributed by atoms with Gasteiger partial charge in [-0.1, -0.05) is 133 Å². The third-order valence-electron chi connectivity index (χ3n) is 10.0. The molecule has 0 radical (unpaired) electrons. The zero-order valence-corrected chi connectivity index (χ0v) is 28.1. The number of benzene rings is 9. The summed E-state index contributed by atoms with van der Waals surface area (Å²) in [5, 5.41) is 10.2. The SMILES string of the molecule is c1cc(-c2ccc(N(c3ccc4c(ccc5ccccc54)c3)c3ccc4sc5ccccc5c4c3)cc2)cc(-c2cccc3ccccc23)c1. The lowest BCUT2D eigenvalue weighted by Crippen LogP contribution is -2.09. The number of thiophene rings is 1. The van der Waals surface area contributed by atoms with E-state index in [2.05, 4.69) is 193 Å². The van der Waals surface area contributed by atoms with Crippen molar-refractivity contribution in [2.24, 2.45) is 0 Å². The van der Waals surface area contributed by atoms with Crippen LogP contribution in [0.25, 0.3) is 74.7 Å². The molecule has 9 aromatic carbocycles. The van der Waals surface area contributed by atoms with Crippen LogP contribution < -0.4 is 4.90 Å². The molecule has 1 heterocycles. The first-order valence-corrected chi connectivity index (χ1v) is 17.9. The highest BCUT2D eigenvalue weighted by atomic mass is 32.1. The summed E-state index contributed by atoms with van der Waals surface area (Å²) in [6, 6.07) is 68.8. The van der Waals surface area contributed by atoms with E-state index in [1.807, 2.05) is 11.3 Å². The third kappa shape index (κ3) is 4.84. The Bertz CT molecular complexity index is 2870. The van der Waals surface area contributed by atoms with Gasteiger partial charge in [-0.05, 0) is 109 Å². The smallest absolute Gasteiger partial charge is 0.0468 e. The van der Waals surface area contributed by atoms with Crippen LogP contribution in [0.4, 0.5) is 17.1 Å². The van der Waals surface area contributed by atoms with Crippen molar-refractivity contribution >= 4 is 80.9 Å². The zero-order valence-electron chi connectivity index (χ0n) is 27.3. The van der Waals surface area contributed by atoms with Gasteiger partial charge in [0, 0.05) is 37.2 Å². The van der Waals surface area contributed by atoms with Crippen molar-refractivity contribution in [3.05, 3.63) is 188 Å². The van der Waals surface area contributed by atoms with Crippen molar-refractivity contribution < 1.29 is 0 Å². The van der Waals surface area contributed by atoms with Gasteiger partial charge in [-0.25, -0.2) is 0 Å². The Morgan fingerprint density at radius 2 is 0.900 bits per heavy atom. The van der Waals surface area contributed by atoms with Gasteiger partial charge in [-0.2, -0.15) is 0 Å². The summed E-state index contributed by atoms with van der Waals surface area (Å²) < 4.78 is 2.63. The minimum Gasteiger partial charge on any atom is -0.310 e. The van der Waals surface area contributed by atoms with E-state index in [1.54, 1.807) is 0 Å². The van der Waals surface area contributed by atoms with E-state index < -0.39 is 0 Å². The normalized spacial score (nSPS) is 11.6. The predicted octanol–water partition coefficient (Wildman–Crippen LogP) is 14.3. The van der Waals surface area contributed by atoms with Crippen molar-refractivity contribution in [1.29, 1.82) is 0 Å². The minimum absolute atomic E-state index is 1.12. The van der Waals surface area contributed by atoms with Crippen LogP contribution in [0.1, 0.15) is 0 Å². The van der Waals surface area contributed by atoms with Gasteiger partial charge in [0.2, 0.25) is 0 Å². The Morgan fingerprint density at radius 1 is 0.300 bits per heavy atom. The van der Waals surface area contributed by atoms with Gasteiger partial charge in [0.1, 0.15) is 0 Å². The molecule has 50 heavy (non-hydrogen) atoms. The zero-order chi connectivity index (χ0) is 33.0. The molecule has 234 valence electrons. The number of nitrogens with zero attached hydrogens (tertiary/aromatic N) is 1. The van der Waals surface area contributed by atoms with E-state index >= 15 is 0 Å². The standard InChI is InChI=1S/C48H31NS/c1-3-14-41-33(9-1)11-8-17-43(41)36-13-7-12-35(29-36)32-21-23-38(24-22-32)49(40-26-28-48-46(31-40)45-16-5-6-18-47(45)50-48)39-25-27-44-37(30-39)20-19-34-10-2-4-15-42(34)44/h1-31H. The second-order valence-electron chi connectivity index (χ2n) is 13.0. The Hall–Kier alpha value is -6.22. The lowest BCUT2D eigenvalue weighted by Gasteiger charge is -2.26. The van der Waals surface area contributed by atoms with Crippen molar-refractivity contribution in [3.8, 4) is 22.3 Å². The van der Waals surface area contributed by atoms with Crippen molar-refractivity contribution in [2.75, 3.05) is 4.90 Å². The highest BCUT2D eigenvalue weighted by Crippen LogP contribution is 2.42. The van der Waals surface area contributed by atoms with Crippen LogP contribution >= 0.6 is 11.3 Å². The van der Waals surface area contributed by atoms with Crippen LogP contribution in [0.3, 0.4) is 0 Å². The first kappa shape index (κ1) is 28.8. The maximum absolute atomic E-state index is 2.40. The van der Waals surface area contributed by atoms with Crippen LogP contribution in [0.5, 0.6) is 0 Å². The molecule has 0 atom stereocenters. The molecular weight excluding hydrogens is 623 g/mol. The van der Waals surface area contributed by atoms with Gasteiger partial charge in [0.15, 0.2) is 0 Å². The summed E-state index contributed by atoms with van der Waals surface area (Å²) in [5.41, 5.74) is 8.29. The molecule has 0 aliphatic carbocycles. The fourth-order valence-electron chi connectivity index (χ4n) is 7.59. The van der Waals surface area contributed by atoms with Crippen LogP contribution in [0.15, 0.2) is 188 Å². The maximum Gasteiger partial charge on any atom is 0.0468 e. The van der Waals surface area contributed by atoms with Crippen LogP contribution in [0, 0.1) is 0 Å². The Labute approximate surface area is 294 Å². The average Bonchev–Trinajstić information content (AvgIpc) is 3.56. The fraction of sp³-hybridized carbons (Fsp3) is 0. The molecule has 0 unspecified atom stereocenters. The molecule has 10 aromatic rings. The van der Waals surface area contributed by atoms with Crippen molar-refractivity contribution in [2.45, 2.75) is 0 Å². The van der Waals surface area contributed by atoms with Gasteiger partial charge in [0.25, 0.3) is 0 Å². The number of fused-ring (bicyclic) bond motifs is 7. The Kier molecular flexibility index (Phi) is 6.75. The van der Waals surface area contributed by atoms with E-state index in [0.29, 0.717) is 0 Å². The monoisotopic (exact) mass is 653 g/mol. The average molecular weight is 654 g/mol. The fourth-order valence-corrected chi connectivity index (χ4v) is 8.67. The quantitative estimate of drug-likeness (QED) is 0.167. The molecule has 0 saturated carbocycles. The largest absolute Gasteiger partial charge is 0.310 e. The lowest BCUT2D eigenvalue weighted by atomic mass is 9.95. The predicted molar refractivity (Wildman–Crippen MR) is 217 cm³/mol. The maximum atomic E-state index is 2.40. The van der Waals surface area contributed by atoms with Crippen molar-refractivity contribution in [3.63, 3.8) is 0 Å². The van der Waals surface area contributed by atoms with E-state index in [4.69, 9.17) is 0 Å². The molecule has 0 amide bonds. The molecule has 0 spiro atoms. The molecule has 2 heteroatoms. The summed E-state index contributed by atoms with van der Waals surface area (Å²) in [5.74, 6) is 0. The number of hydrogen-bond acceptors (Lipinski definition) is 2. The Balaban J connectivity index is 1.09. The lowest BCUT2D eigenvalue weighted by molar-refractivity contribution is 1.30. The van der Waals surface area contributed by atoms with Crippen LogP contribution in [-0.2, 0) is 0 Å². The number of hydrogen-bond donors (Lipinski definition) is 0. The molecule has 0 bridgehead atoms. The molecule has 0 aliphatic heterocycles. The molecule has 10 rings (SSSR count). The summed E-state index contributed by atoms with van der Waals surface area (Å²) in [4.78, 5) is 2.40. The molecule has 0 saturated heterocycles. The van der Waals surface area contributed by atoms with Gasteiger partial charge in [-0.3, -0.25) is 0 Å². The molecule has 0 aliphatic rings. The van der Waals surface area contributed by atoms with Gasteiger partial charge < -0.3 is 4.90 Å². The Morgan fingerprint density at radius 3 is 1.78 bits per heavy atom. The molecular formula is C48H31NS. The van der Waals surface area contributed by atoms with E-state index in [0.717, 1.165) is 17.1 Å². The van der Waals surface area contributed by atoms with Crippen molar-refractivity contribution in [1.82, 2.24) is 0 Å². The van der Waals surface area contributed by atoms with Crippen LogP contribution in [-0.4, -0.2) is 0 Å². The molecule has 0 N–H and O–H groups in total. The van der Waals surface area contributed by atoms with E-state index in [9.17, 15) is 0 Å². The molecule has 1 aromatic heterocycles. The highest BCUT2D eigenvalue weighted by molar-refractivity contribution is 7.25. The molecule has 1 nitrogen and oxygen atoms in total. The first-order chi connectivity index (χ1) is 24.8. The second kappa shape index (κ2) is 11.7. The summed E-state index contributed by atoms with van der Waals surface area (Å²) in [6.07, 6.45) is 0. The third-order valence-corrected chi connectivity index (χ3v) is 11.2. The summed E-state index contributed by atoms with van der Waals surface area (Å²) >= 11 is 1.86. The second-order valence-corrected chi connectivity index (χ2v) is 14.0. The topological polar surface area (TPSA) is 3.24 Å².